The molecule has 0 bridgehead atoms. The zero-order valence-electron chi connectivity index (χ0n) is 11.7. The fourth-order valence-electron chi connectivity index (χ4n) is 2.87. The Morgan fingerprint density at radius 3 is 2.40 bits per heavy atom. The average Bonchev–Trinajstić information content (AvgIpc) is 2.46. The Hall–Kier alpha value is -1.92. The van der Waals surface area contributed by atoms with Crippen LogP contribution in [0, 0.1) is 10.8 Å². The van der Waals surface area contributed by atoms with Crippen LogP contribution in [0.5, 0.6) is 0 Å². The summed E-state index contributed by atoms with van der Waals surface area (Å²) in [4.78, 5) is 35.0. The minimum absolute atomic E-state index is 0.106. The summed E-state index contributed by atoms with van der Waals surface area (Å²) in [7, 11) is 0. The summed E-state index contributed by atoms with van der Waals surface area (Å²) < 4.78 is 2.34. The van der Waals surface area contributed by atoms with E-state index < -0.39 is 11.2 Å². The van der Waals surface area contributed by atoms with Crippen LogP contribution in [-0.2, 0) is 13.1 Å². The molecule has 0 aromatic carbocycles. The summed E-state index contributed by atoms with van der Waals surface area (Å²) in [6.07, 6.45) is 5.59. The van der Waals surface area contributed by atoms with Gasteiger partial charge in [0.1, 0.15) is 5.82 Å². The van der Waals surface area contributed by atoms with E-state index >= 15 is 0 Å². The fourth-order valence-corrected chi connectivity index (χ4v) is 2.87. The number of hydrogen-bond acceptors (Lipinski definition) is 5. The molecule has 1 aliphatic carbocycles. The summed E-state index contributed by atoms with van der Waals surface area (Å²) in [5.41, 5.74) is 4.28. The van der Waals surface area contributed by atoms with Crippen molar-refractivity contribution in [3.63, 3.8) is 0 Å². The highest BCUT2D eigenvalue weighted by molar-refractivity contribution is 5.55. The lowest BCUT2D eigenvalue weighted by Gasteiger charge is -2.23. The second-order valence-corrected chi connectivity index (χ2v) is 5.27. The van der Waals surface area contributed by atoms with Crippen LogP contribution in [0.1, 0.15) is 39.0 Å². The van der Waals surface area contributed by atoms with Gasteiger partial charge >= 0.3 is 5.69 Å². The summed E-state index contributed by atoms with van der Waals surface area (Å²) in [6, 6.07) is 0. The second-order valence-electron chi connectivity index (χ2n) is 5.27. The molecule has 2 rings (SSSR count). The quantitative estimate of drug-likeness (QED) is 0.846. The molecule has 1 aromatic heterocycles. The first-order valence-electron chi connectivity index (χ1n) is 7.06. The molecule has 20 heavy (non-hydrogen) atoms. The van der Waals surface area contributed by atoms with E-state index in [1.54, 1.807) is 6.92 Å². The SMILES string of the molecule is CCn1c(=O)c(N=O)c(N)n(CC2CCCCC2)c1=O. The highest BCUT2D eigenvalue weighted by atomic mass is 16.3. The fraction of sp³-hybridized carbons (Fsp3) is 0.692. The van der Waals surface area contributed by atoms with Gasteiger partial charge in [-0.25, -0.2) is 4.79 Å². The largest absolute Gasteiger partial charge is 0.383 e. The third-order valence-corrected chi connectivity index (χ3v) is 4.02. The molecule has 2 N–H and O–H groups in total. The van der Waals surface area contributed by atoms with E-state index in [-0.39, 0.29) is 18.1 Å². The molecule has 1 aromatic rings. The van der Waals surface area contributed by atoms with Crippen molar-refractivity contribution in [2.45, 2.75) is 52.1 Å². The topological polar surface area (TPSA) is 99.4 Å². The lowest BCUT2D eigenvalue weighted by molar-refractivity contribution is 0.313. The highest BCUT2D eigenvalue weighted by Crippen LogP contribution is 2.26. The van der Waals surface area contributed by atoms with E-state index in [4.69, 9.17) is 5.73 Å². The van der Waals surface area contributed by atoms with Crippen LogP contribution in [0.15, 0.2) is 14.8 Å². The third kappa shape index (κ3) is 2.52. The summed E-state index contributed by atoms with van der Waals surface area (Å²) >= 11 is 0. The molecule has 7 nitrogen and oxygen atoms in total. The van der Waals surface area contributed by atoms with Crippen molar-refractivity contribution in [2.24, 2.45) is 11.1 Å². The van der Waals surface area contributed by atoms with Crippen molar-refractivity contribution >= 4 is 11.5 Å². The van der Waals surface area contributed by atoms with E-state index in [0.29, 0.717) is 12.5 Å². The van der Waals surface area contributed by atoms with Crippen LogP contribution in [0.2, 0.25) is 0 Å². The lowest BCUT2D eigenvalue weighted by atomic mass is 9.89. The molecule has 1 saturated carbocycles. The Morgan fingerprint density at radius 1 is 1.20 bits per heavy atom. The van der Waals surface area contributed by atoms with Crippen molar-refractivity contribution in [1.29, 1.82) is 0 Å². The van der Waals surface area contributed by atoms with Crippen molar-refractivity contribution in [3.05, 3.63) is 25.7 Å². The predicted octanol–water partition coefficient (Wildman–Crippen LogP) is 1.59. The van der Waals surface area contributed by atoms with Crippen LogP contribution in [0.4, 0.5) is 11.5 Å². The maximum atomic E-state index is 12.3. The number of nitrogens with two attached hydrogens (primary N) is 1. The maximum absolute atomic E-state index is 12.3. The highest BCUT2D eigenvalue weighted by Gasteiger charge is 2.21. The van der Waals surface area contributed by atoms with Crippen molar-refractivity contribution in [2.75, 3.05) is 5.73 Å². The number of anilines is 1. The molecule has 7 heteroatoms. The molecule has 0 spiro atoms. The Bertz CT molecular complexity index is 611. The molecule has 1 fully saturated rings. The maximum Gasteiger partial charge on any atom is 0.332 e. The van der Waals surface area contributed by atoms with E-state index in [2.05, 4.69) is 5.18 Å². The molecular weight excluding hydrogens is 260 g/mol. The van der Waals surface area contributed by atoms with Crippen LogP contribution < -0.4 is 17.0 Å². The molecule has 1 heterocycles. The molecule has 0 aliphatic heterocycles. The number of hydrogen-bond donors (Lipinski definition) is 1. The normalized spacial score (nSPS) is 16.2. The molecule has 0 amide bonds. The molecule has 0 atom stereocenters. The predicted molar refractivity (Wildman–Crippen MR) is 77.1 cm³/mol. The van der Waals surface area contributed by atoms with Gasteiger partial charge in [0.2, 0.25) is 5.69 Å². The second kappa shape index (κ2) is 6.02. The van der Waals surface area contributed by atoms with Crippen LogP contribution >= 0.6 is 0 Å². The molecular formula is C13H20N4O3. The van der Waals surface area contributed by atoms with E-state index in [1.807, 2.05) is 0 Å². The number of rotatable bonds is 4. The third-order valence-electron chi connectivity index (χ3n) is 4.02. The van der Waals surface area contributed by atoms with Crippen LogP contribution in [0.25, 0.3) is 0 Å². The number of nitroso groups, excluding NO2 is 1. The Kier molecular flexibility index (Phi) is 4.36. The van der Waals surface area contributed by atoms with Gasteiger partial charge in [0.05, 0.1) is 0 Å². The van der Waals surface area contributed by atoms with Gasteiger partial charge in [0, 0.05) is 13.1 Å². The van der Waals surface area contributed by atoms with E-state index in [1.165, 1.54) is 11.0 Å². The van der Waals surface area contributed by atoms with E-state index in [9.17, 15) is 14.5 Å². The van der Waals surface area contributed by atoms with Crippen LogP contribution in [0.3, 0.4) is 0 Å². The first-order chi connectivity index (χ1) is 9.60. The Morgan fingerprint density at radius 2 is 1.85 bits per heavy atom. The average molecular weight is 280 g/mol. The monoisotopic (exact) mass is 280 g/mol. The Balaban J connectivity index is 2.48. The van der Waals surface area contributed by atoms with Gasteiger partial charge in [0.25, 0.3) is 5.56 Å². The van der Waals surface area contributed by atoms with Gasteiger partial charge in [-0.15, -0.1) is 4.91 Å². The van der Waals surface area contributed by atoms with Gasteiger partial charge in [-0.05, 0) is 30.9 Å². The van der Waals surface area contributed by atoms with Crippen molar-refractivity contribution < 1.29 is 0 Å². The minimum atomic E-state index is -0.704. The summed E-state index contributed by atoms with van der Waals surface area (Å²) in [5.74, 6) is 0.260. The van der Waals surface area contributed by atoms with Crippen LogP contribution in [-0.4, -0.2) is 9.13 Å². The summed E-state index contributed by atoms with van der Waals surface area (Å²) in [6.45, 7) is 2.33. The van der Waals surface area contributed by atoms with Crippen molar-refractivity contribution in [1.82, 2.24) is 9.13 Å². The van der Waals surface area contributed by atoms with Crippen molar-refractivity contribution in [3.8, 4) is 0 Å². The van der Waals surface area contributed by atoms with Gasteiger partial charge in [-0.2, -0.15) is 0 Å². The molecule has 0 saturated heterocycles. The van der Waals surface area contributed by atoms with Gasteiger partial charge in [-0.3, -0.25) is 13.9 Å². The first-order valence-corrected chi connectivity index (χ1v) is 7.06. The molecule has 1 aliphatic rings. The van der Waals surface area contributed by atoms with Gasteiger partial charge in [0.15, 0.2) is 0 Å². The zero-order valence-corrected chi connectivity index (χ0v) is 11.7. The van der Waals surface area contributed by atoms with Gasteiger partial charge < -0.3 is 5.73 Å². The van der Waals surface area contributed by atoms with Gasteiger partial charge in [-0.1, -0.05) is 19.3 Å². The zero-order chi connectivity index (χ0) is 14.7. The smallest absolute Gasteiger partial charge is 0.332 e. The van der Waals surface area contributed by atoms with E-state index in [0.717, 1.165) is 30.3 Å². The number of aromatic nitrogens is 2. The minimum Gasteiger partial charge on any atom is -0.383 e. The molecule has 0 unspecified atom stereocenters. The Labute approximate surface area is 116 Å². The lowest BCUT2D eigenvalue weighted by Crippen LogP contribution is -2.41. The molecule has 0 radical (unpaired) electrons. The molecule has 110 valence electrons. The number of nitrogens with zero attached hydrogens (tertiary/aromatic N) is 3. The first kappa shape index (κ1) is 14.5. The summed E-state index contributed by atoms with van der Waals surface area (Å²) in [5, 5.41) is 2.71. The standard InChI is InChI=1S/C13H20N4O3/c1-2-16-12(18)10(15-20)11(14)17(13(16)19)8-9-6-4-3-5-7-9/h9H,2-8,14H2,1H3. The number of nitrogen functional groups attached to an aromatic ring is 1.